The number of hydrogen-bond donors (Lipinski definition) is 1. The molecule has 2 aromatic rings. The second-order valence-electron chi connectivity index (χ2n) is 7.15. The second kappa shape index (κ2) is 10.4. The van der Waals surface area contributed by atoms with Crippen molar-refractivity contribution in [3.63, 3.8) is 0 Å². The number of carbonyl (C=O) groups excluding carboxylic acids is 1. The molecule has 0 radical (unpaired) electrons. The van der Waals surface area contributed by atoms with E-state index in [1.807, 2.05) is 48.5 Å². The monoisotopic (exact) mass is 464 g/mol. The molecule has 0 bridgehead atoms. The molecule has 0 fully saturated rings. The number of benzene rings is 2. The van der Waals surface area contributed by atoms with Gasteiger partial charge in [0.2, 0.25) is 5.17 Å². The lowest BCUT2D eigenvalue weighted by Crippen LogP contribution is -2.35. The van der Waals surface area contributed by atoms with Crippen LogP contribution in [0.1, 0.15) is 25.3 Å². The molecule has 1 amide bonds. The summed E-state index contributed by atoms with van der Waals surface area (Å²) >= 11 is 1.34. The van der Waals surface area contributed by atoms with Gasteiger partial charge < -0.3 is 14.2 Å². The highest BCUT2D eigenvalue weighted by Crippen LogP contribution is 2.31. The Hall–Kier alpha value is -3.59. The Balaban J connectivity index is 1.46. The number of amidine groups is 2. The maximum atomic E-state index is 12.6. The van der Waals surface area contributed by atoms with E-state index in [1.54, 1.807) is 13.2 Å². The topological polar surface area (TPSA) is 96.6 Å². The number of aliphatic imine (C=N–C) groups is 1. The van der Waals surface area contributed by atoms with Gasteiger partial charge in [0.15, 0.2) is 17.3 Å². The number of rotatable bonds is 9. The van der Waals surface area contributed by atoms with Crippen molar-refractivity contribution in [1.29, 1.82) is 5.41 Å². The van der Waals surface area contributed by atoms with Gasteiger partial charge in [-0.1, -0.05) is 37.3 Å². The van der Waals surface area contributed by atoms with Gasteiger partial charge in [0.05, 0.1) is 12.7 Å². The van der Waals surface area contributed by atoms with Crippen LogP contribution >= 0.6 is 11.8 Å². The predicted molar refractivity (Wildman–Crippen MR) is 130 cm³/mol. The molecule has 2 aliphatic heterocycles. The number of thioether (sulfide) groups is 1. The first-order chi connectivity index (χ1) is 16.1. The number of nitrogens with one attached hydrogen (secondary N) is 1. The number of hydrazone groups is 1. The van der Waals surface area contributed by atoms with Crippen LogP contribution in [-0.4, -0.2) is 47.3 Å². The zero-order valence-electron chi connectivity index (χ0n) is 18.4. The van der Waals surface area contributed by atoms with Gasteiger partial charge in [0.25, 0.3) is 5.91 Å². The molecule has 2 aliphatic rings. The van der Waals surface area contributed by atoms with E-state index in [0.29, 0.717) is 41.2 Å². The van der Waals surface area contributed by atoms with Gasteiger partial charge in [-0.15, -0.1) is 0 Å². The molecule has 0 aliphatic carbocycles. The van der Waals surface area contributed by atoms with E-state index in [1.165, 1.54) is 16.8 Å². The van der Waals surface area contributed by atoms with Crippen LogP contribution in [0, 0.1) is 5.41 Å². The van der Waals surface area contributed by atoms with Crippen molar-refractivity contribution in [2.75, 3.05) is 20.3 Å². The predicted octanol–water partition coefficient (Wildman–Crippen LogP) is 4.57. The van der Waals surface area contributed by atoms with Crippen molar-refractivity contribution in [2.45, 2.75) is 19.8 Å². The minimum Gasteiger partial charge on any atom is -0.493 e. The number of ether oxygens (including phenoxy) is 3. The van der Waals surface area contributed by atoms with E-state index in [0.717, 1.165) is 17.9 Å². The summed E-state index contributed by atoms with van der Waals surface area (Å²) in [4.78, 5) is 16.8. The molecule has 0 aromatic heterocycles. The largest absolute Gasteiger partial charge is 0.493 e. The van der Waals surface area contributed by atoms with Crippen molar-refractivity contribution in [3.05, 3.63) is 59.7 Å². The van der Waals surface area contributed by atoms with Crippen molar-refractivity contribution >= 4 is 39.8 Å². The van der Waals surface area contributed by atoms with E-state index in [2.05, 4.69) is 17.0 Å². The third-order valence-electron chi connectivity index (χ3n) is 4.85. The Bertz CT molecular complexity index is 1160. The summed E-state index contributed by atoms with van der Waals surface area (Å²) in [6.45, 7) is 2.66. The number of carbonyl (C=O) groups is 1. The first-order valence-electron chi connectivity index (χ1n) is 10.6. The highest BCUT2D eigenvalue weighted by Gasteiger charge is 2.35. The zero-order valence-corrected chi connectivity index (χ0v) is 19.2. The summed E-state index contributed by atoms with van der Waals surface area (Å²) in [6.07, 6.45) is 3.34. The minimum atomic E-state index is -0.457. The molecule has 0 unspecified atom stereocenters. The molecule has 1 N–H and O–H groups in total. The van der Waals surface area contributed by atoms with Crippen molar-refractivity contribution in [1.82, 2.24) is 5.01 Å². The van der Waals surface area contributed by atoms with Gasteiger partial charge in [-0.25, -0.2) is 0 Å². The highest BCUT2D eigenvalue weighted by atomic mass is 32.2. The lowest BCUT2D eigenvalue weighted by atomic mass is 10.1. The van der Waals surface area contributed by atoms with Crippen LogP contribution in [0.5, 0.6) is 17.2 Å². The molecule has 170 valence electrons. The zero-order chi connectivity index (χ0) is 23.2. The van der Waals surface area contributed by atoms with Crippen LogP contribution < -0.4 is 14.2 Å². The van der Waals surface area contributed by atoms with E-state index >= 15 is 0 Å². The molecular weight excluding hydrogens is 440 g/mol. The lowest BCUT2D eigenvalue weighted by Gasteiger charge is -2.20. The Morgan fingerprint density at radius 3 is 2.42 bits per heavy atom. The first kappa shape index (κ1) is 22.6. The van der Waals surface area contributed by atoms with Crippen LogP contribution in [0.4, 0.5) is 0 Å². The molecular formula is C24H24N4O4S. The standard InChI is InChI=1S/C24H24N4O4S/c1-3-8-21-27-28-22(25)17(23(29)26-24(28)33-21)15-16-9-4-5-10-18(16)31-13-14-32-20-12-7-6-11-19(20)30-2/h4-7,9-12,15,25H,3,8,13-14H2,1-2H3/b17-15-,25-22?. The molecule has 0 spiro atoms. The van der Waals surface area contributed by atoms with Crippen molar-refractivity contribution < 1.29 is 19.0 Å². The number of nitrogens with zero attached hydrogens (tertiary/aromatic N) is 3. The molecule has 33 heavy (non-hydrogen) atoms. The maximum absolute atomic E-state index is 12.6. The Labute approximate surface area is 196 Å². The van der Waals surface area contributed by atoms with Crippen LogP contribution in [0.2, 0.25) is 0 Å². The smallest absolute Gasteiger partial charge is 0.283 e. The van der Waals surface area contributed by atoms with Gasteiger partial charge in [-0.05, 0) is 48.9 Å². The maximum Gasteiger partial charge on any atom is 0.283 e. The average Bonchev–Trinajstić information content (AvgIpc) is 3.23. The fourth-order valence-corrected chi connectivity index (χ4v) is 4.26. The Morgan fingerprint density at radius 2 is 1.70 bits per heavy atom. The summed E-state index contributed by atoms with van der Waals surface area (Å²) in [7, 11) is 1.59. The fraction of sp³-hybridized carbons (Fsp3) is 0.250. The number of amides is 1. The third kappa shape index (κ3) is 5.09. The van der Waals surface area contributed by atoms with E-state index in [-0.39, 0.29) is 11.4 Å². The molecule has 9 heteroatoms. The van der Waals surface area contributed by atoms with Gasteiger partial charge in [0, 0.05) is 5.56 Å². The summed E-state index contributed by atoms with van der Waals surface area (Å²) in [5.41, 5.74) is 0.841. The van der Waals surface area contributed by atoms with E-state index < -0.39 is 5.91 Å². The van der Waals surface area contributed by atoms with Gasteiger partial charge >= 0.3 is 0 Å². The summed E-state index contributed by atoms with van der Waals surface area (Å²) < 4.78 is 16.9. The Kier molecular flexibility index (Phi) is 7.09. The second-order valence-corrected chi connectivity index (χ2v) is 8.19. The van der Waals surface area contributed by atoms with E-state index in [4.69, 9.17) is 19.6 Å². The third-order valence-corrected chi connectivity index (χ3v) is 5.81. The van der Waals surface area contributed by atoms with Crippen LogP contribution in [0.15, 0.2) is 64.2 Å². The molecule has 2 heterocycles. The molecule has 2 aromatic carbocycles. The van der Waals surface area contributed by atoms with Gasteiger partial charge in [-0.2, -0.15) is 15.1 Å². The average molecular weight is 465 g/mol. The number of methoxy groups -OCH3 is 1. The molecule has 8 nitrogen and oxygen atoms in total. The van der Waals surface area contributed by atoms with Crippen molar-refractivity contribution in [3.8, 4) is 17.2 Å². The molecule has 0 saturated carbocycles. The fourth-order valence-electron chi connectivity index (χ4n) is 3.27. The van der Waals surface area contributed by atoms with Crippen molar-refractivity contribution in [2.24, 2.45) is 10.1 Å². The quantitative estimate of drug-likeness (QED) is 0.431. The summed E-state index contributed by atoms with van der Waals surface area (Å²) in [5.74, 6) is 1.43. The summed E-state index contributed by atoms with van der Waals surface area (Å²) in [6, 6.07) is 14.7. The number of para-hydroxylation sites is 3. The molecule has 0 atom stereocenters. The minimum absolute atomic E-state index is 0.0120. The number of fused-ring (bicyclic) bond motifs is 1. The SMILES string of the molecule is CCCC1=NN2C(=N)/C(=C/c3ccccc3OCCOc3ccccc3OC)C(=O)N=C2S1. The van der Waals surface area contributed by atoms with Gasteiger partial charge in [-0.3, -0.25) is 10.2 Å². The Morgan fingerprint density at radius 1 is 1.03 bits per heavy atom. The van der Waals surface area contributed by atoms with Crippen LogP contribution in [0.25, 0.3) is 6.08 Å². The normalized spacial score (nSPS) is 16.4. The molecule has 0 saturated heterocycles. The highest BCUT2D eigenvalue weighted by molar-refractivity contribution is 8.26. The van der Waals surface area contributed by atoms with E-state index in [9.17, 15) is 4.79 Å². The van der Waals surface area contributed by atoms with Crippen LogP contribution in [-0.2, 0) is 4.79 Å². The van der Waals surface area contributed by atoms with Crippen LogP contribution in [0.3, 0.4) is 0 Å². The van der Waals surface area contributed by atoms with Gasteiger partial charge in [0.1, 0.15) is 24.0 Å². The molecule has 4 rings (SSSR count). The first-order valence-corrected chi connectivity index (χ1v) is 11.4. The number of hydrogen-bond acceptors (Lipinski definition) is 7. The summed E-state index contributed by atoms with van der Waals surface area (Å²) in [5, 5.41) is 15.7. The lowest BCUT2D eigenvalue weighted by molar-refractivity contribution is -0.114.